The molecule has 0 spiro atoms. The van der Waals surface area contributed by atoms with Crippen LogP contribution in [0, 0.1) is 5.82 Å². The maximum Gasteiger partial charge on any atom is 0.165 e. The predicted octanol–water partition coefficient (Wildman–Crippen LogP) is 2.58. The third-order valence-corrected chi connectivity index (χ3v) is 3.76. The van der Waals surface area contributed by atoms with E-state index in [1.807, 2.05) is 0 Å². The number of benzene rings is 1. The Labute approximate surface area is 114 Å². The Kier molecular flexibility index (Phi) is 4.77. The number of nitrogens with zero attached hydrogens (tertiary/aromatic N) is 1. The van der Waals surface area contributed by atoms with Crippen molar-refractivity contribution in [2.75, 3.05) is 27.2 Å². The molecule has 0 aliphatic heterocycles. The number of rotatable bonds is 7. The quantitative estimate of drug-likeness (QED) is 0.821. The second kappa shape index (κ2) is 6.35. The molecule has 0 amide bonds. The molecule has 0 aromatic heterocycles. The van der Waals surface area contributed by atoms with Gasteiger partial charge in [-0.1, -0.05) is 6.07 Å². The molecule has 0 saturated heterocycles. The predicted molar refractivity (Wildman–Crippen MR) is 75.0 cm³/mol. The van der Waals surface area contributed by atoms with Crippen molar-refractivity contribution in [2.24, 2.45) is 0 Å². The molecule has 1 atom stereocenters. The van der Waals surface area contributed by atoms with Crippen LogP contribution < -0.4 is 10.1 Å². The molecule has 1 aromatic carbocycles. The van der Waals surface area contributed by atoms with E-state index in [9.17, 15) is 4.39 Å². The van der Waals surface area contributed by atoms with Crippen LogP contribution in [-0.2, 0) is 0 Å². The topological polar surface area (TPSA) is 24.5 Å². The fourth-order valence-corrected chi connectivity index (χ4v) is 2.22. The molecule has 0 bridgehead atoms. The summed E-state index contributed by atoms with van der Waals surface area (Å²) in [6, 6.07) is 6.02. The molecule has 1 saturated carbocycles. The third-order valence-electron chi connectivity index (χ3n) is 3.76. The number of ether oxygens (including phenoxy) is 1. The first-order valence-electron chi connectivity index (χ1n) is 6.89. The van der Waals surface area contributed by atoms with E-state index < -0.39 is 0 Å². The summed E-state index contributed by atoms with van der Waals surface area (Å²) in [5.74, 6) is -0.00633. The number of halogens is 1. The average molecular weight is 266 g/mol. The zero-order valence-corrected chi connectivity index (χ0v) is 11.9. The molecule has 0 radical (unpaired) electrons. The Bertz CT molecular complexity index is 421. The Morgan fingerprint density at radius 3 is 2.84 bits per heavy atom. The first-order valence-corrected chi connectivity index (χ1v) is 6.89. The SMILES string of the molecule is COc1cc(C(C)NCCN(C)C2CC2)ccc1F. The average Bonchev–Trinajstić information content (AvgIpc) is 3.23. The van der Waals surface area contributed by atoms with Gasteiger partial charge in [0.2, 0.25) is 0 Å². The van der Waals surface area contributed by atoms with Gasteiger partial charge in [0, 0.05) is 25.2 Å². The van der Waals surface area contributed by atoms with E-state index >= 15 is 0 Å². The molecule has 1 aliphatic rings. The first-order chi connectivity index (χ1) is 9.11. The van der Waals surface area contributed by atoms with E-state index in [2.05, 4.69) is 24.2 Å². The van der Waals surface area contributed by atoms with Gasteiger partial charge >= 0.3 is 0 Å². The summed E-state index contributed by atoms with van der Waals surface area (Å²) < 4.78 is 18.3. The number of nitrogens with one attached hydrogen (secondary N) is 1. The zero-order valence-electron chi connectivity index (χ0n) is 11.9. The van der Waals surface area contributed by atoms with Crippen molar-refractivity contribution >= 4 is 0 Å². The minimum atomic E-state index is -0.313. The Morgan fingerprint density at radius 2 is 2.21 bits per heavy atom. The molecule has 106 valence electrons. The highest BCUT2D eigenvalue weighted by Crippen LogP contribution is 2.25. The molecular formula is C15H23FN2O. The fourth-order valence-electron chi connectivity index (χ4n) is 2.22. The van der Waals surface area contributed by atoms with Crippen LogP contribution in [0.25, 0.3) is 0 Å². The molecule has 19 heavy (non-hydrogen) atoms. The second-order valence-corrected chi connectivity index (χ2v) is 5.28. The number of hydrogen-bond acceptors (Lipinski definition) is 3. The van der Waals surface area contributed by atoms with Crippen LogP contribution in [0.3, 0.4) is 0 Å². The van der Waals surface area contributed by atoms with Crippen molar-refractivity contribution in [1.29, 1.82) is 0 Å². The van der Waals surface area contributed by atoms with Gasteiger partial charge in [0.15, 0.2) is 11.6 Å². The van der Waals surface area contributed by atoms with Crippen LogP contribution in [0.5, 0.6) is 5.75 Å². The molecule has 0 heterocycles. The minimum absolute atomic E-state index is 0.196. The summed E-state index contributed by atoms with van der Waals surface area (Å²) in [4.78, 5) is 2.39. The molecule has 2 rings (SSSR count). The summed E-state index contributed by atoms with van der Waals surface area (Å²) in [5.41, 5.74) is 1.05. The highest BCUT2D eigenvalue weighted by atomic mass is 19.1. The summed E-state index contributed by atoms with van der Waals surface area (Å²) in [5, 5.41) is 3.46. The summed E-state index contributed by atoms with van der Waals surface area (Å²) >= 11 is 0. The lowest BCUT2D eigenvalue weighted by Gasteiger charge is -2.19. The molecule has 3 nitrogen and oxygen atoms in total. The lowest BCUT2D eigenvalue weighted by Crippen LogP contribution is -2.32. The second-order valence-electron chi connectivity index (χ2n) is 5.28. The molecule has 1 unspecified atom stereocenters. The molecule has 4 heteroatoms. The van der Waals surface area contributed by atoms with Gasteiger partial charge in [-0.05, 0) is 44.5 Å². The van der Waals surface area contributed by atoms with Gasteiger partial charge in [-0.3, -0.25) is 0 Å². The van der Waals surface area contributed by atoms with Crippen LogP contribution in [-0.4, -0.2) is 38.2 Å². The smallest absolute Gasteiger partial charge is 0.165 e. The van der Waals surface area contributed by atoms with E-state index in [-0.39, 0.29) is 11.9 Å². The highest BCUT2D eigenvalue weighted by molar-refractivity contribution is 5.31. The maximum absolute atomic E-state index is 13.3. The van der Waals surface area contributed by atoms with Gasteiger partial charge in [-0.2, -0.15) is 0 Å². The van der Waals surface area contributed by atoms with E-state index in [0.717, 1.165) is 24.7 Å². The Morgan fingerprint density at radius 1 is 1.47 bits per heavy atom. The van der Waals surface area contributed by atoms with Gasteiger partial charge in [-0.15, -0.1) is 0 Å². The van der Waals surface area contributed by atoms with E-state index in [0.29, 0.717) is 5.75 Å². The van der Waals surface area contributed by atoms with Gasteiger partial charge in [0.05, 0.1) is 7.11 Å². The van der Waals surface area contributed by atoms with Crippen LogP contribution in [0.4, 0.5) is 4.39 Å². The fraction of sp³-hybridized carbons (Fsp3) is 0.600. The van der Waals surface area contributed by atoms with Crippen molar-refractivity contribution in [2.45, 2.75) is 31.8 Å². The van der Waals surface area contributed by atoms with Crippen molar-refractivity contribution in [3.8, 4) is 5.75 Å². The van der Waals surface area contributed by atoms with Gasteiger partial charge in [-0.25, -0.2) is 4.39 Å². The van der Waals surface area contributed by atoms with Crippen LogP contribution in [0.15, 0.2) is 18.2 Å². The van der Waals surface area contributed by atoms with Crippen molar-refractivity contribution in [3.05, 3.63) is 29.6 Å². The largest absolute Gasteiger partial charge is 0.494 e. The first kappa shape index (κ1) is 14.3. The minimum Gasteiger partial charge on any atom is -0.494 e. The van der Waals surface area contributed by atoms with E-state index in [4.69, 9.17) is 4.74 Å². The van der Waals surface area contributed by atoms with Gasteiger partial charge in [0.1, 0.15) is 0 Å². The van der Waals surface area contributed by atoms with Crippen LogP contribution in [0.2, 0.25) is 0 Å². The molecule has 1 N–H and O–H groups in total. The van der Waals surface area contributed by atoms with Crippen molar-refractivity contribution < 1.29 is 9.13 Å². The van der Waals surface area contributed by atoms with Crippen molar-refractivity contribution in [3.63, 3.8) is 0 Å². The van der Waals surface area contributed by atoms with E-state index in [1.165, 1.54) is 26.0 Å². The van der Waals surface area contributed by atoms with E-state index in [1.54, 1.807) is 12.1 Å². The molecule has 1 aromatic rings. The number of likely N-dealkylation sites (N-methyl/N-ethyl adjacent to an activating group) is 1. The Balaban J connectivity index is 1.83. The summed E-state index contributed by atoms with van der Waals surface area (Å²) in [6.07, 6.45) is 2.67. The lowest BCUT2D eigenvalue weighted by molar-refractivity contribution is 0.316. The maximum atomic E-state index is 13.3. The van der Waals surface area contributed by atoms with Crippen LogP contribution in [0.1, 0.15) is 31.4 Å². The zero-order chi connectivity index (χ0) is 13.8. The Hall–Kier alpha value is -1.13. The van der Waals surface area contributed by atoms with Gasteiger partial charge in [0.25, 0.3) is 0 Å². The number of methoxy groups -OCH3 is 1. The highest BCUT2D eigenvalue weighted by Gasteiger charge is 2.25. The molecule has 1 aliphatic carbocycles. The monoisotopic (exact) mass is 266 g/mol. The van der Waals surface area contributed by atoms with Gasteiger partial charge < -0.3 is 15.0 Å². The normalized spacial score (nSPS) is 16.7. The molecular weight excluding hydrogens is 243 g/mol. The standard InChI is InChI=1S/C15H23FN2O/c1-11(17-8-9-18(2)13-5-6-13)12-4-7-14(16)15(10-12)19-3/h4,7,10-11,13,17H,5-6,8-9H2,1-3H3. The molecule has 1 fully saturated rings. The van der Waals surface area contributed by atoms with Crippen LogP contribution >= 0.6 is 0 Å². The summed E-state index contributed by atoms with van der Waals surface area (Å²) in [7, 11) is 3.66. The number of hydrogen-bond donors (Lipinski definition) is 1. The summed E-state index contributed by atoms with van der Waals surface area (Å²) in [6.45, 7) is 4.07. The lowest BCUT2D eigenvalue weighted by atomic mass is 10.1. The third kappa shape index (κ3) is 3.91. The van der Waals surface area contributed by atoms with Crippen molar-refractivity contribution in [1.82, 2.24) is 10.2 Å².